The van der Waals surface area contributed by atoms with Crippen LogP contribution in [0, 0.1) is 0 Å². The lowest BCUT2D eigenvalue weighted by molar-refractivity contribution is 0.218. The molecule has 0 heterocycles. The van der Waals surface area contributed by atoms with Gasteiger partial charge in [0.1, 0.15) is 0 Å². The number of hydrogen-bond donors (Lipinski definition) is 2. The van der Waals surface area contributed by atoms with E-state index in [2.05, 4.69) is 5.32 Å². The van der Waals surface area contributed by atoms with Crippen molar-refractivity contribution >= 4 is 6.03 Å². The van der Waals surface area contributed by atoms with Gasteiger partial charge in [-0.15, -0.1) is 0 Å². The van der Waals surface area contributed by atoms with Crippen molar-refractivity contribution in [1.82, 2.24) is 10.2 Å². The van der Waals surface area contributed by atoms with Crippen LogP contribution in [0.2, 0.25) is 0 Å². The minimum absolute atomic E-state index is 0.0968. The average Bonchev–Trinajstić information content (AvgIpc) is 1.82. The maximum atomic E-state index is 10.7. The Morgan fingerprint density at radius 2 is 2.22 bits per heavy atom. The van der Waals surface area contributed by atoms with E-state index in [1.54, 1.807) is 14.1 Å². The van der Waals surface area contributed by atoms with Crippen LogP contribution >= 0.6 is 0 Å². The number of rotatable bonds is 2. The molecule has 0 aliphatic rings. The van der Waals surface area contributed by atoms with E-state index >= 15 is 0 Å². The van der Waals surface area contributed by atoms with E-state index in [9.17, 15) is 4.79 Å². The Bertz CT molecular complexity index is 92.2. The third-order valence-electron chi connectivity index (χ3n) is 0.827. The van der Waals surface area contributed by atoms with E-state index in [1.807, 2.05) is 0 Å². The summed E-state index contributed by atoms with van der Waals surface area (Å²) in [6, 6.07) is -0.0968. The van der Waals surface area contributed by atoms with Gasteiger partial charge in [-0.2, -0.15) is 0 Å². The topological polar surface area (TPSA) is 58.4 Å². The van der Waals surface area contributed by atoms with Crippen LogP contribution in [0.3, 0.4) is 0 Å². The first-order chi connectivity index (χ1) is 4.18. The average molecular weight is 131 g/mol. The summed E-state index contributed by atoms with van der Waals surface area (Å²) in [5, 5.41) is 2.59. The van der Waals surface area contributed by atoms with Crippen LogP contribution in [0.15, 0.2) is 0 Å². The number of nitrogens with zero attached hydrogens (tertiary/aromatic N) is 1. The quantitative estimate of drug-likeness (QED) is 0.516. The monoisotopic (exact) mass is 131 g/mol. The molecular formula is C5H13N3O. The summed E-state index contributed by atoms with van der Waals surface area (Å²) in [4.78, 5) is 12.1. The van der Waals surface area contributed by atoms with Crippen molar-refractivity contribution in [2.45, 2.75) is 0 Å². The molecular weight excluding hydrogens is 118 g/mol. The molecule has 9 heavy (non-hydrogen) atoms. The fraction of sp³-hybridized carbons (Fsp3) is 0.800. The van der Waals surface area contributed by atoms with Gasteiger partial charge in [0, 0.05) is 27.2 Å². The predicted octanol–water partition coefficient (Wildman–Crippen LogP) is -0.784. The number of nitrogens with one attached hydrogen (secondary N) is 1. The van der Waals surface area contributed by atoms with Crippen LogP contribution in [0.25, 0.3) is 0 Å². The zero-order valence-electron chi connectivity index (χ0n) is 5.85. The first-order valence-corrected chi connectivity index (χ1v) is 2.83. The third kappa shape index (κ3) is 3.78. The second-order valence-electron chi connectivity index (χ2n) is 1.92. The molecule has 0 aliphatic carbocycles. The van der Waals surface area contributed by atoms with Crippen molar-refractivity contribution in [2.24, 2.45) is 5.73 Å². The Labute approximate surface area is 55.0 Å². The highest BCUT2D eigenvalue weighted by molar-refractivity contribution is 5.73. The molecule has 0 spiro atoms. The smallest absolute Gasteiger partial charge is 0.316 e. The molecule has 0 unspecified atom stereocenters. The standard InChI is InChI=1S/C5H13N3O/c1-8(2)5(9)7-4-3-6/h3-4,6H2,1-2H3,(H,7,9). The van der Waals surface area contributed by atoms with Gasteiger partial charge in [-0.1, -0.05) is 0 Å². The predicted molar refractivity (Wildman–Crippen MR) is 36.1 cm³/mol. The van der Waals surface area contributed by atoms with Crippen LogP contribution in [-0.2, 0) is 0 Å². The van der Waals surface area contributed by atoms with Gasteiger partial charge in [-0.3, -0.25) is 0 Å². The molecule has 0 fully saturated rings. The summed E-state index contributed by atoms with van der Waals surface area (Å²) < 4.78 is 0. The van der Waals surface area contributed by atoms with Crippen molar-refractivity contribution in [1.29, 1.82) is 0 Å². The Morgan fingerprint density at radius 3 is 2.56 bits per heavy atom. The van der Waals surface area contributed by atoms with Gasteiger partial charge in [0.2, 0.25) is 0 Å². The molecule has 0 aromatic rings. The Hall–Kier alpha value is -0.770. The molecule has 0 aliphatic heterocycles. The van der Waals surface area contributed by atoms with E-state index < -0.39 is 0 Å². The highest BCUT2D eigenvalue weighted by Gasteiger charge is 1.98. The van der Waals surface area contributed by atoms with E-state index in [4.69, 9.17) is 5.73 Å². The van der Waals surface area contributed by atoms with Crippen LogP contribution in [0.1, 0.15) is 0 Å². The zero-order chi connectivity index (χ0) is 7.28. The largest absolute Gasteiger partial charge is 0.337 e. The maximum absolute atomic E-state index is 10.7. The van der Waals surface area contributed by atoms with E-state index in [1.165, 1.54) is 4.90 Å². The fourth-order valence-electron chi connectivity index (χ4n) is 0.337. The summed E-state index contributed by atoms with van der Waals surface area (Å²) in [5.74, 6) is 0. The van der Waals surface area contributed by atoms with Crippen molar-refractivity contribution in [3.05, 3.63) is 0 Å². The van der Waals surface area contributed by atoms with E-state index in [-0.39, 0.29) is 6.03 Å². The molecule has 4 nitrogen and oxygen atoms in total. The van der Waals surface area contributed by atoms with E-state index in [0.717, 1.165) is 0 Å². The molecule has 0 aromatic heterocycles. The Morgan fingerprint density at radius 1 is 1.67 bits per heavy atom. The number of hydrogen-bond acceptors (Lipinski definition) is 2. The van der Waals surface area contributed by atoms with Crippen molar-refractivity contribution < 1.29 is 4.79 Å². The van der Waals surface area contributed by atoms with Gasteiger partial charge >= 0.3 is 6.03 Å². The molecule has 0 aromatic carbocycles. The van der Waals surface area contributed by atoms with E-state index in [0.29, 0.717) is 13.1 Å². The van der Waals surface area contributed by atoms with Gasteiger partial charge in [0.25, 0.3) is 0 Å². The lowest BCUT2D eigenvalue weighted by Gasteiger charge is -2.10. The van der Waals surface area contributed by atoms with Crippen LogP contribution in [-0.4, -0.2) is 38.1 Å². The van der Waals surface area contributed by atoms with Crippen LogP contribution < -0.4 is 11.1 Å². The van der Waals surface area contributed by atoms with Gasteiger partial charge in [0.05, 0.1) is 0 Å². The first kappa shape index (κ1) is 8.23. The highest BCUT2D eigenvalue weighted by Crippen LogP contribution is 1.73. The first-order valence-electron chi connectivity index (χ1n) is 2.83. The third-order valence-corrected chi connectivity index (χ3v) is 0.827. The summed E-state index contributed by atoms with van der Waals surface area (Å²) in [5.41, 5.74) is 5.14. The molecule has 4 heteroatoms. The van der Waals surface area contributed by atoms with Crippen LogP contribution in [0.4, 0.5) is 4.79 Å². The lowest BCUT2D eigenvalue weighted by atomic mass is 10.6. The minimum Gasteiger partial charge on any atom is -0.337 e. The second-order valence-corrected chi connectivity index (χ2v) is 1.92. The number of nitrogens with two attached hydrogens (primary N) is 1. The van der Waals surface area contributed by atoms with Gasteiger partial charge in [-0.25, -0.2) is 4.79 Å². The minimum atomic E-state index is -0.0968. The molecule has 54 valence electrons. The lowest BCUT2D eigenvalue weighted by Crippen LogP contribution is -2.37. The Kier molecular flexibility index (Phi) is 3.79. The molecule has 0 rings (SSSR count). The molecule has 0 saturated carbocycles. The Balaban J connectivity index is 3.28. The SMILES string of the molecule is CN(C)C(=O)NCCN. The highest BCUT2D eigenvalue weighted by atomic mass is 16.2. The van der Waals surface area contributed by atoms with Gasteiger partial charge < -0.3 is 16.0 Å². The zero-order valence-corrected chi connectivity index (χ0v) is 5.85. The summed E-state index contributed by atoms with van der Waals surface area (Å²) in [6.07, 6.45) is 0. The fourth-order valence-corrected chi connectivity index (χ4v) is 0.337. The number of carbonyl (C=O) groups is 1. The number of carbonyl (C=O) groups excluding carboxylic acids is 1. The number of urea groups is 1. The van der Waals surface area contributed by atoms with Gasteiger partial charge in [0.15, 0.2) is 0 Å². The van der Waals surface area contributed by atoms with Crippen LogP contribution in [0.5, 0.6) is 0 Å². The van der Waals surface area contributed by atoms with Crippen molar-refractivity contribution in [3.8, 4) is 0 Å². The maximum Gasteiger partial charge on any atom is 0.316 e. The van der Waals surface area contributed by atoms with Crippen molar-refractivity contribution in [3.63, 3.8) is 0 Å². The molecule has 0 radical (unpaired) electrons. The molecule has 0 bridgehead atoms. The molecule has 2 amide bonds. The molecule has 0 atom stereocenters. The molecule has 3 N–H and O–H groups in total. The molecule has 0 saturated heterocycles. The summed E-state index contributed by atoms with van der Waals surface area (Å²) >= 11 is 0. The number of amides is 2. The summed E-state index contributed by atoms with van der Waals surface area (Å²) in [7, 11) is 3.37. The normalized spacial score (nSPS) is 8.78. The second kappa shape index (κ2) is 4.14. The van der Waals surface area contributed by atoms with Gasteiger partial charge in [-0.05, 0) is 0 Å². The summed E-state index contributed by atoms with van der Waals surface area (Å²) in [6.45, 7) is 1.02. The van der Waals surface area contributed by atoms with Crippen molar-refractivity contribution in [2.75, 3.05) is 27.2 Å².